The Kier molecular flexibility index (Phi) is 4.13. The third-order valence-electron chi connectivity index (χ3n) is 2.69. The number of halogens is 2. The maximum atomic E-state index is 11.6. The molecule has 106 valence electrons. The lowest BCUT2D eigenvalue weighted by atomic mass is 10.2. The van der Waals surface area contributed by atoms with Crippen LogP contribution in [-0.4, -0.2) is 14.7 Å². The maximum Gasteiger partial charge on any atom is 0.177 e. The Morgan fingerprint density at radius 2 is 1.60 bits per heavy atom. The van der Waals surface area contributed by atoms with E-state index in [2.05, 4.69) is 5.32 Å². The predicted molar refractivity (Wildman–Crippen MR) is 83.7 cm³/mol. The van der Waals surface area contributed by atoms with Gasteiger partial charge in [0.2, 0.25) is 0 Å². The number of para-hydroxylation sites is 2. The number of nitrogens with one attached hydrogen (secondary N) is 1. The number of hydrogen-bond donors (Lipinski definition) is 2. The first-order chi connectivity index (χ1) is 9.30. The van der Waals surface area contributed by atoms with Crippen molar-refractivity contribution in [3.63, 3.8) is 0 Å². The molecule has 0 aromatic heterocycles. The van der Waals surface area contributed by atoms with Crippen LogP contribution in [0.5, 0.6) is 0 Å². The second kappa shape index (κ2) is 5.52. The standard InChI is InChI=1S/C13H12Cl2N2O2S/c1-20(18,19)11-7-3-6-10(12(11)16)17-13-8(14)4-2-5-9(13)15/h2-7,17H,16H2,1H3. The van der Waals surface area contributed by atoms with E-state index in [4.69, 9.17) is 28.9 Å². The smallest absolute Gasteiger partial charge is 0.177 e. The van der Waals surface area contributed by atoms with Crippen molar-refractivity contribution in [2.24, 2.45) is 0 Å². The van der Waals surface area contributed by atoms with Crippen LogP contribution in [-0.2, 0) is 9.84 Å². The predicted octanol–water partition coefficient (Wildman–Crippen LogP) is 3.72. The van der Waals surface area contributed by atoms with E-state index >= 15 is 0 Å². The molecule has 0 aliphatic carbocycles. The van der Waals surface area contributed by atoms with E-state index < -0.39 is 9.84 Å². The molecular formula is C13H12Cl2N2O2S. The molecule has 20 heavy (non-hydrogen) atoms. The minimum atomic E-state index is -3.40. The van der Waals surface area contributed by atoms with Crippen molar-refractivity contribution in [2.75, 3.05) is 17.3 Å². The summed E-state index contributed by atoms with van der Waals surface area (Å²) in [6.07, 6.45) is 1.10. The average molecular weight is 331 g/mol. The van der Waals surface area contributed by atoms with Crippen LogP contribution in [0.4, 0.5) is 17.1 Å². The van der Waals surface area contributed by atoms with E-state index in [1.807, 2.05) is 0 Å². The van der Waals surface area contributed by atoms with Crippen molar-refractivity contribution in [3.05, 3.63) is 46.4 Å². The van der Waals surface area contributed by atoms with E-state index in [-0.39, 0.29) is 10.6 Å². The molecule has 7 heteroatoms. The first-order valence-electron chi connectivity index (χ1n) is 5.60. The van der Waals surface area contributed by atoms with E-state index in [0.29, 0.717) is 21.4 Å². The van der Waals surface area contributed by atoms with Crippen molar-refractivity contribution in [1.82, 2.24) is 0 Å². The Morgan fingerprint density at radius 3 is 2.15 bits per heavy atom. The largest absolute Gasteiger partial charge is 0.396 e. The summed E-state index contributed by atoms with van der Waals surface area (Å²) in [5.41, 5.74) is 6.93. The van der Waals surface area contributed by atoms with Gasteiger partial charge in [0.15, 0.2) is 9.84 Å². The van der Waals surface area contributed by atoms with Crippen molar-refractivity contribution in [2.45, 2.75) is 4.90 Å². The van der Waals surface area contributed by atoms with Gasteiger partial charge in [0, 0.05) is 6.26 Å². The van der Waals surface area contributed by atoms with Gasteiger partial charge in [-0.2, -0.15) is 0 Å². The second-order valence-electron chi connectivity index (χ2n) is 4.21. The second-order valence-corrected chi connectivity index (χ2v) is 7.01. The topological polar surface area (TPSA) is 72.2 Å². The molecule has 0 radical (unpaired) electrons. The fourth-order valence-corrected chi connectivity index (χ4v) is 3.06. The molecular weight excluding hydrogens is 319 g/mol. The van der Waals surface area contributed by atoms with Gasteiger partial charge in [-0.25, -0.2) is 8.42 Å². The van der Waals surface area contributed by atoms with E-state index in [1.54, 1.807) is 30.3 Å². The lowest BCUT2D eigenvalue weighted by molar-refractivity contribution is 0.602. The molecule has 0 saturated heterocycles. The summed E-state index contributed by atoms with van der Waals surface area (Å²) in [7, 11) is -3.40. The molecule has 0 heterocycles. The van der Waals surface area contributed by atoms with Crippen molar-refractivity contribution in [1.29, 1.82) is 0 Å². The summed E-state index contributed by atoms with van der Waals surface area (Å²) >= 11 is 12.1. The van der Waals surface area contributed by atoms with Gasteiger partial charge in [0.05, 0.1) is 32.0 Å². The molecule has 0 amide bonds. The Morgan fingerprint density at radius 1 is 1.05 bits per heavy atom. The SMILES string of the molecule is CS(=O)(=O)c1cccc(Nc2c(Cl)cccc2Cl)c1N. The maximum absolute atomic E-state index is 11.6. The molecule has 0 fully saturated rings. The normalized spacial score (nSPS) is 11.3. The van der Waals surface area contributed by atoms with Gasteiger partial charge < -0.3 is 11.1 Å². The molecule has 2 aromatic carbocycles. The quantitative estimate of drug-likeness (QED) is 0.841. The Hall–Kier alpha value is -1.43. The van der Waals surface area contributed by atoms with E-state index in [9.17, 15) is 8.42 Å². The van der Waals surface area contributed by atoms with Crippen molar-refractivity contribution in [3.8, 4) is 0 Å². The molecule has 3 N–H and O–H groups in total. The zero-order valence-corrected chi connectivity index (χ0v) is 12.9. The third-order valence-corrected chi connectivity index (χ3v) is 4.47. The van der Waals surface area contributed by atoms with Gasteiger partial charge in [-0.05, 0) is 24.3 Å². The minimum absolute atomic E-state index is 0.0608. The van der Waals surface area contributed by atoms with Crippen LogP contribution in [0.3, 0.4) is 0 Å². The van der Waals surface area contributed by atoms with E-state index in [0.717, 1.165) is 6.26 Å². The van der Waals surface area contributed by atoms with Crippen LogP contribution >= 0.6 is 23.2 Å². The van der Waals surface area contributed by atoms with Gasteiger partial charge in [0.25, 0.3) is 0 Å². The lowest BCUT2D eigenvalue weighted by Gasteiger charge is -2.14. The zero-order valence-electron chi connectivity index (χ0n) is 10.5. The average Bonchev–Trinajstić information content (AvgIpc) is 2.34. The van der Waals surface area contributed by atoms with Crippen molar-refractivity contribution < 1.29 is 8.42 Å². The number of rotatable bonds is 3. The summed E-state index contributed by atoms with van der Waals surface area (Å²) < 4.78 is 23.3. The van der Waals surface area contributed by atoms with Crippen LogP contribution in [0.25, 0.3) is 0 Å². The third kappa shape index (κ3) is 3.00. The minimum Gasteiger partial charge on any atom is -0.396 e. The molecule has 2 aromatic rings. The fraction of sp³-hybridized carbons (Fsp3) is 0.0769. The number of sulfone groups is 1. The Labute approximate surface area is 127 Å². The highest BCUT2D eigenvalue weighted by Crippen LogP contribution is 2.35. The van der Waals surface area contributed by atoms with Gasteiger partial charge in [-0.1, -0.05) is 35.3 Å². The number of anilines is 3. The summed E-state index contributed by atoms with van der Waals surface area (Å²) in [4.78, 5) is 0.0608. The van der Waals surface area contributed by atoms with Crippen molar-refractivity contribution >= 4 is 50.1 Å². The fourth-order valence-electron chi connectivity index (χ4n) is 1.73. The summed E-state index contributed by atoms with van der Waals surface area (Å²) in [6, 6.07) is 9.76. The first-order valence-corrected chi connectivity index (χ1v) is 8.25. The van der Waals surface area contributed by atoms with Gasteiger partial charge in [0.1, 0.15) is 0 Å². The van der Waals surface area contributed by atoms with Gasteiger partial charge >= 0.3 is 0 Å². The zero-order chi connectivity index (χ0) is 14.9. The van der Waals surface area contributed by atoms with Gasteiger partial charge in [-0.15, -0.1) is 0 Å². The molecule has 4 nitrogen and oxygen atoms in total. The molecule has 0 aliphatic rings. The molecule has 0 spiro atoms. The molecule has 0 aliphatic heterocycles. The first kappa shape index (κ1) is 15.0. The molecule has 0 saturated carbocycles. The van der Waals surface area contributed by atoms with Crippen LogP contribution in [0, 0.1) is 0 Å². The Bertz CT molecular complexity index is 741. The molecule has 0 unspecified atom stereocenters. The van der Waals surface area contributed by atoms with Crippen LogP contribution in [0.1, 0.15) is 0 Å². The molecule has 2 rings (SSSR count). The van der Waals surface area contributed by atoms with Gasteiger partial charge in [-0.3, -0.25) is 0 Å². The van der Waals surface area contributed by atoms with Crippen LogP contribution in [0.2, 0.25) is 10.0 Å². The number of benzene rings is 2. The summed E-state index contributed by atoms with van der Waals surface area (Å²) in [5, 5.41) is 3.80. The highest BCUT2D eigenvalue weighted by atomic mass is 35.5. The lowest BCUT2D eigenvalue weighted by Crippen LogP contribution is -2.05. The summed E-state index contributed by atoms with van der Waals surface area (Å²) in [6.45, 7) is 0. The molecule has 0 bridgehead atoms. The monoisotopic (exact) mass is 330 g/mol. The molecule has 0 atom stereocenters. The number of nitrogens with two attached hydrogens (primary N) is 1. The van der Waals surface area contributed by atoms with E-state index in [1.165, 1.54) is 6.07 Å². The van der Waals surface area contributed by atoms with Crippen LogP contribution in [0.15, 0.2) is 41.3 Å². The van der Waals surface area contributed by atoms with Crippen LogP contribution < -0.4 is 11.1 Å². The summed E-state index contributed by atoms with van der Waals surface area (Å²) in [5.74, 6) is 0. The number of hydrogen-bond acceptors (Lipinski definition) is 4. The highest BCUT2D eigenvalue weighted by molar-refractivity contribution is 7.90. The highest BCUT2D eigenvalue weighted by Gasteiger charge is 2.15. The number of nitrogen functional groups attached to an aromatic ring is 1. The Balaban J connectivity index is 2.51.